The van der Waals surface area contributed by atoms with Crippen LogP contribution in [0.25, 0.3) is 22.2 Å². The Balaban J connectivity index is 1.26. The van der Waals surface area contributed by atoms with Crippen molar-refractivity contribution in [3.63, 3.8) is 0 Å². The first-order chi connectivity index (χ1) is 21.2. The van der Waals surface area contributed by atoms with E-state index in [9.17, 15) is 5.26 Å². The van der Waals surface area contributed by atoms with Gasteiger partial charge in [-0.2, -0.15) is 5.26 Å². The molecule has 3 aromatic heterocycles. The number of nitrogens with one attached hydrogen (secondary N) is 2. The molecule has 0 spiro atoms. The van der Waals surface area contributed by atoms with Crippen molar-refractivity contribution in [1.29, 1.82) is 5.26 Å². The molecule has 230 valence electrons. The lowest BCUT2D eigenvalue weighted by Crippen LogP contribution is -2.48. The lowest BCUT2D eigenvalue weighted by atomic mass is 9.98. The first-order valence-corrected chi connectivity index (χ1v) is 14.8. The maximum absolute atomic E-state index is 15.3. The van der Waals surface area contributed by atoms with Gasteiger partial charge in [0.2, 0.25) is 5.95 Å². The molecule has 2 aliphatic rings. The van der Waals surface area contributed by atoms with Gasteiger partial charge in [-0.1, -0.05) is 0 Å². The minimum atomic E-state index is -0.737. The molecule has 13 heteroatoms. The predicted octanol–water partition coefficient (Wildman–Crippen LogP) is 4.20. The molecule has 1 fully saturated rings. The largest absolute Gasteiger partial charge is 0.486 e. The van der Waals surface area contributed by atoms with E-state index in [1.165, 1.54) is 6.07 Å². The number of ether oxygens (including phenoxy) is 1. The molecule has 0 unspecified atom stereocenters. The summed E-state index contributed by atoms with van der Waals surface area (Å²) >= 11 is 0. The Bertz CT molecular complexity index is 1710. The van der Waals surface area contributed by atoms with Crippen molar-refractivity contribution in [2.75, 3.05) is 81.6 Å². The molecule has 2 N–H and O–H groups in total. The molecule has 44 heavy (non-hydrogen) atoms. The van der Waals surface area contributed by atoms with E-state index in [1.807, 2.05) is 24.8 Å². The monoisotopic (exact) mass is 602 g/mol. The van der Waals surface area contributed by atoms with E-state index in [0.717, 1.165) is 51.3 Å². The Hall–Kier alpha value is -4.54. The highest BCUT2D eigenvalue weighted by atomic mass is 19.1. The molecule has 0 aliphatic carbocycles. The van der Waals surface area contributed by atoms with Crippen molar-refractivity contribution < 1.29 is 13.5 Å². The molecule has 11 nitrogen and oxygen atoms in total. The fourth-order valence-electron chi connectivity index (χ4n) is 5.74. The van der Waals surface area contributed by atoms with Crippen molar-refractivity contribution in [3.05, 3.63) is 47.8 Å². The Kier molecular flexibility index (Phi) is 8.20. The summed E-state index contributed by atoms with van der Waals surface area (Å²) in [5.74, 6) is 0.0377. The van der Waals surface area contributed by atoms with Crippen LogP contribution in [0, 0.1) is 23.0 Å². The highest BCUT2D eigenvalue weighted by Gasteiger charge is 2.27. The normalized spacial score (nSPS) is 15.5. The number of H-pyrrole nitrogens is 1. The van der Waals surface area contributed by atoms with Crippen LogP contribution in [-0.2, 0) is 0 Å². The molecule has 6 rings (SSSR count). The van der Waals surface area contributed by atoms with Crippen LogP contribution in [0.2, 0.25) is 0 Å². The van der Waals surface area contributed by atoms with Gasteiger partial charge in [-0.15, -0.1) is 0 Å². The molecule has 0 atom stereocenters. The van der Waals surface area contributed by atoms with Crippen LogP contribution in [-0.4, -0.2) is 102 Å². The molecule has 0 amide bonds. The second kappa shape index (κ2) is 12.2. The van der Waals surface area contributed by atoms with Crippen LogP contribution in [0.5, 0.6) is 5.75 Å². The number of benzene rings is 1. The van der Waals surface area contributed by atoms with Gasteiger partial charge in [0.05, 0.1) is 35.7 Å². The third kappa shape index (κ3) is 5.82. The van der Waals surface area contributed by atoms with E-state index < -0.39 is 11.6 Å². The van der Waals surface area contributed by atoms with Gasteiger partial charge in [0.25, 0.3) is 0 Å². The van der Waals surface area contributed by atoms with E-state index in [2.05, 4.69) is 60.1 Å². The third-order valence-corrected chi connectivity index (χ3v) is 8.12. The number of hydrogen-bond donors (Lipinski definition) is 2. The van der Waals surface area contributed by atoms with Gasteiger partial charge in [-0.05, 0) is 45.6 Å². The second-order valence-corrected chi connectivity index (χ2v) is 11.7. The molecular formula is C31H36F2N10O. The van der Waals surface area contributed by atoms with Crippen LogP contribution in [0.4, 0.5) is 32.1 Å². The molecule has 0 radical (unpaired) electrons. The molecular weight excluding hydrogens is 566 g/mol. The average molecular weight is 603 g/mol. The van der Waals surface area contributed by atoms with E-state index in [4.69, 9.17) is 4.74 Å². The van der Waals surface area contributed by atoms with Gasteiger partial charge < -0.3 is 29.7 Å². The number of nitrogens with zero attached hydrogens (tertiary/aromatic N) is 8. The minimum Gasteiger partial charge on any atom is -0.486 e. The number of fused-ring (bicyclic) bond motifs is 2. The summed E-state index contributed by atoms with van der Waals surface area (Å²) in [5, 5.41) is 13.2. The summed E-state index contributed by atoms with van der Waals surface area (Å²) in [7, 11) is 4.17. The zero-order valence-corrected chi connectivity index (χ0v) is 25.4. The number of anilines is 4. The molecule has 2 aliphatic heterocycles. The predicted molar refractivity (Wildman–Crippen MR) is 167 cm³/mol. The third-order valence-electron chi connectivity index (χ3n) is 8.12. The summed E-state index contributed by atoms with van der Waals surface area (Å²) in [6, 6.07) is 6.92. The first kappa shape index (κ1) is 29.5. The van der Waals surface area contributed by atoms with Crippen LogP contribution >= 0.6 is 0 Å². The average Bonchev–Trinajstić information content (AvgIpc) is 3.42. The SMILES string of the molecule is CC(C)N1CCOc2c(F)cc(-c3c(F)cnc(Nc4nc5cc(N6CCN(CCN(C)C)CC6)ncc5[nH]4)c3C#N)cc21. The fraction of sp³-hybridized carbons (Fsp3) is 0.419. The van der Waals surface area contributed by atoms with Crippen molar-refractivity contribution >= 4 is 34.3 Å². The van der Waals surface area contributed by atoms with Gasteiger partial charge in [0.15, 0.2) is 23.2 Å². The molecule has 4 aromatic rings. The van der Waals surface area contributed by atoms with Gasteiger partial charge >= 0.3 is 0 Å². The van der Waals surface area contributed by atoms with Gasteiger partial charge in [0.1, 0.15) is 24.1 Å². The van der Waals surface area contributed by atoms with Crippen LogP contribution < -0.4 is 19.9 Å². The van der Waals surface area contributed by atoms with Crippen LogP contribution in [0.3, 0.4) is 0 Å². The number of aromatic nitrogens is 4. The number of nitriles is 1. The van der Waals surface area contributed by atoms with Crippen LogP contribution in [0.1, 0.15) is 19.4 Å². The number of piperazine rings is 1. The van der Waals surface area contributed by atoms with Crippen molar-refractivity contribution in [2.24, 2.45) is 0 Å². The first-order valence-electron chi connectivity index (χ1n) is 14.8. The second-order valence-electron chi connectivity index (χ2n) is 11.7. The van der Waals surface area contributed by atoms with E-state index >= 15 is 8.78 Å². The Labute approximate surface area is 255 Å². The van der Waals surface area contributed by atoms with Crippen molar-refractivity contribution in [3.8, 4) is 22.9 Å². The number of pyridine rings is 2. The maximum atomic E-state index is 15.3. The Morgan fingerprint density at radius 2 is 1.86 bits per heavy atom. The molecule has 1 saturated heterocycles. The quantitative estimate of drug-likeness (QED) is 0.304. The maximum Gasteiger partial charge on any atom is 0.206 e. The number of likely N-dealkylation sites (N-methyl/N-ethyl adjacent to an activating group) is 1. The summed E-state index contributed by atoms with van der Waals surface area (Å²) < 4.78 is 36.1. The standard InChI is InChI=1S/C31H36F2N10O/c1-19(2)43-11-12-44-29-22(32)13-20(14-26(29)43)28-21(16-34)30(36-17-23(28)33)39-31-37-24-15-27(35-18-25(24)38-31)42-9-7-41(8-10-42)6-5-40(3)4/h13-15,17-19H,5-12H2,1-4H3,(H2,36,37,38,39). The minimum absolute atomic E-state index is 0.0502. The van der Waals surface area contributed by atoms with E-state index in [-0.39, 0.29) is 34.3 Å². The molecule has 0 saturated carbocycles. The molecule has 0 bridgehead atoms. The van der Waals surface area contributed by atoms with E-state index in [0.29, 0.717) is 35.8 Å². The smallest absolute Gasteiger partial charge is 0.206 e. The number of halogens is 2. The zero-order valence-electron chi connectivity index (χ0n) is 25.4. The summed E-state index contributed by atoms with van der Waals surface area (Å²) in [4.78, 5) is 25.5. The summed E-state index contributed by atoms with van der Waals surface area (Å²) in [6.45, 7) is 10.7. The Morgan fingerprint density at radius 1 is 1.07 bits per heavy atom. The van der Waals surface area contributed by atoms with Crippen molar-refractivity contribution in [2.45, 2.75) is 19.9 Å². The fourth-order valence-corrected chi connectivity index (χ4v) is 5.74. The number of rotatable bonds is 8. The summed E-state index contributed by atoms with van der Waals surface area (Å²) in [5.41, 5.74) is 2.02. The van der Waals surface area contributed by atoms with Crippen molar-refractivity contribution in [1.82, 2.24) is 29.7 Å². The Morgan fingerprint density at radius 3 is 2.59 bits per heavy atom. The molecule has 1 aromatic carbocycles. The lowest BCUT2D eigenvalue weighted by molar-refractivity contribution is 0.229. The van der Waals surface area contributed by atoms with Gasteiger partial charge in [-0.25, -0.2) is 23.7 Å². The number of aromatic amines is 1. The van der Waals surface area contributed by atoms with E-state index in [1.54, 1.807) is 12.3 Å². The zero-order chi connectivity index (χ0) is 31.0. The van der Waals surface area contributed by atoms with Gasteiger partial charge in [0, 0.05) is 56.9 Å². The summed E-state index contributed by atoms with van der Waals surface area (Å²) in [6.07, 6.45) is 2.75. The topological polar surface area (TPSA) is 112 Å². The highest BCUT2D eigenvalue weighted by molar-refractivity contribution is 5.83. The van der Waals surface area contributed by atoms with Crippen LogP contribution in [0.15, 0.2) is 30.6 Å². The highest BCUT2D eigenvalue weighted by Crippen LogP contribution is 2.41. The molecule has 5 heterocycles. The number of hydrogen-bond acceptors (Lipinski definition) is 10. The lowest BCUT2D eigenvalue weighted by Gasteiger charge is -2.35. The number of imidazole rings is 1. The van der Waals surface area contributed by atoms with Gasteiger partial charge in [-0.3, -0.25) is 4.90 Å².